The number of nitrogens with zero attached hydrogens (tertiary/aromatic N) is 1. The summed E-state index contributed by atoms with van der Waals surface area (Å²) in [5.41, 5.74) is 0.460. The van der Waals surface area contributed by atoms with Crippen LogP contribution in [0.15, 0.2) is 18.2 Å². The van der Waals surface area contributed by atoms with Gasteiger partial charge < -0.3 is 25.7 Å². The maximum atomic E-state index is 11.3. The average Bonchev–Trinajstić information content (AvgIpc) is 2.34. The number of urea groups is 1. The molecule has 4 N–H and O–H groups in total. The van der Waals surface area contributed by atoms with E-state index in [4.69, 9.17) is 0 Å². The van der Waals surface area contributed by atoms with Crippen LogP contribution in [-0.2, 0) is 0 Å². The van der Waals surface area contributed by atoms with Crippen molar-refractivity contribution in [3.05, 3.63) is 23.8 Å². The Morgan fingerprint density at radius 3 is 2.37 bits per heavy atom. The van der Waals surface area contributed by atoms with Gasteiger partial charge in [-0.15, -0.1) is 0 Å². The molecule has 0 heterocycles. The van der Waals surface area contributed by atoms with Gasteiger partial charge in [0.05, 0.1) is 5.56 Å². The number of rotatable bonds is 5. The normalized spacial score (nSPS) is 11.9. The van der Waals surface area contributed by atoms with E-state index in [9.17, 15) is 15.0 Å². The number of nitrogens with one attached hydrogen (secondary N) is 2. The minimum atomic E-state index is -0.211. The standard InChI is InChI=1S/C13H21N3O3/c1-9(12-10(17)5-4-6-11(12)18)14-7-8-15-13(19)16(2)3/h4-6,9,14,17-18H,7-8H2,1-3H3,(H,15,19). The van der Waals surface area contributed by atoms with E-state index in [1.165, 1.54) is 17.0 Å². The van der Waals surface area contributed by atoms with Gasteiger partial charge in [-0.05, 0) is 19.1 Å². The molecule has 0 aliphatic rings. The number of phenolic OH excluding ortho intramolecular Hbond substituents is 2. The number of hydrogen-bond acceptors (Lipinski definition) is 4. The van der Waals surface area contributed by atoms with Crippen LogP contribution in [0.25, 0.3) is 0 Å². The highest BCUT2D eigenvalue weighted by Gasteiger charge is 2.14. The first-order valence-electron chi connectivity index (χ1n) is 6.13. The van der Waals surface area contributed by atoms with Crippen LogP contribution >= 0.6 is 0 Å². The second kappa shape index (κ2) is 6.84. The number of benzene rings is 1. The second-order valence-corrected chi connectivity index (χ2v) is 4.51. The first-order chi connectivity index (χ1) is 8.93. The first kappa shape index (κ1) is 15.1. The molecule has 0 spiro atoms. The molecule has 1 aromatic carbocycles. The van der Waals surface area contributed by atoms with Crippen LogP contribution in [-0.4, -0.2) is 48.3 Å². The summed E-state index contributed by atoms with van der Waals surface area (Å²) in [6.07, 6.45) is 0. The van der Waals surface area contributed by atoms with Gasteiger partial charge in [0.15, 0.2) is 0 Å². The molecule has 19 heavy (non-hydrogen) atoms. The van der Waals surface area contributed by atoms with Crippen LogP contribution < -0.4 is 10.6 Å². The minimum absolute atomic E-state index is 0.0531. The summed E-state index contributed by atoms with van der Waals surface area (Å²) in [5.74, 6) is 0.106. The number of carbonyl (C=O) groups excluding carboxylic acids is 1. The molecule has 0 aliphatic carbocycles. The molecule has 0 radical (unpaired) electrons. The molecular formula is C13H21N3O3. The van der Waals surface area contributed by atoms with Crippen molar-refractivity contribution in [1.29, 1.82) is 0 Å². The summed E-state index contributed by atoms with van der Waals surface area (Å²) in [6, 6.07) is 4.28. The number of phenols is 2. The summed E-state index contributed by atoms with van der Waals surface area (Å²) >= 11 is 0. The van der Waals surface area contributed by atoms with Gasteiger partial charge in [-0.25, -0.2) is 4.79 Å². The van der Waals surface area contributed by atoms with Crippen molar-refractivity contribution in [3.63, 3.8) is 0 Å². The van der Waals surface area contributed by atoms with Gasteiger partial charge in [0, 0.05) is 33.2 Å². The Balaban J connectivity index is 2.44. The maximum absolute atomic E-state index is 11.3. The van der Waals surface area contributed by atoms with Crippen molar-refractivity contribution in [2.45, 2.75) is 13.0 Å². The van der Waals surface area contributed by atoms with Gasteiger partial charge in [0.25, 0.3) is 0 Å². The van der Waals surface area contributed by atoms with Gasteiger partial charge in [-0.3, -0.25) is 0 Å². The molecule has 0 aliphatic heterocycles. The lowest BCUT2D eigenvalue weighted by atomic mass is 10.1. The van der Waals surface area contributed by atoms with E-state index < -0.39 is 0 Å². The van der Waals surface area contributed by atoms with Crippen molar-refractivity contribution in [3.8, 4) is 11.5 Å². The van der Waals surface area contributed by atoms with Crippen LogP contribution in [0.1, 0.15) is 18.5 Å². The Bertz CT molecular complexity index is 415. The monoisotopic (exact) mass is 267 g/mol. The van der Waals surface area contributed by atoms with E-state index in [1.54, 1.807) is 20.2 Å². The van der Waals surface area contributed by atoms with Crippen LogP contribution in [0.4, 0.5) is 4.79 Å². The molecule has 0 aromatic heterocycles. The zero-order chi connectivity index (χ0) is 14.4. The lowest BCUT2D eigenvalue weighted by Crippen LogP contribution is -2.38. The Morgan fingerprint density at radius 2 is 1.84 bits per heavy atom. The molecular weight excluding hydrogens is 246 g/mol. The van der Waals surface area contributed by atoms with Gasteiger partial charge in [-0.2, -0.15) is 0 Å². The Hall–Kier alpha value is -1.95. The van der Waals surface area contributed by atoms with E-state index in [1.807, 2.05) is 6.92 Å². The largest absolute Gasteiger partial charge is 0.507 e. The predicted octanol–water partition coefficient (Wildman–Crippen LogP) is 1.02. The van der Waals surface area contributed by atoms with E-state index in [-0.39, 0.29) is 23.6 Å². The maximum Gasteiger partial charge on any atom is 0.316 e. The Morgan fingerprint density at radius 1 is 1.26 bits per heavy atom. The van der Waals surface area contributed by atoms with Crippen molar-refractivity contribution >= 4 is 6.03 Å². The average molecular weight is 267 g/mol. The number of aromatic hydroxyl groups is 2. The van der Waals surface area contributed by atoms with Crippen LogP contribution in [0.5, 0.6) is 11.5 Å². The Kier molecular flexibility index (Phi) is 5.44. The highest BCUT2D eigenvalue weighted by molar-refractivity contribution is 5.73. The topological polar surface area (TPSA) is 84.8 Å². The lowest BCUT2D eigenvalue weighted by Gasteiger charge is -2.17. The van der Waals surface area contributed by atoms with Crippen molar-refractivity contribution in [2.24, 2.45) is 0 Å². The molecule has 1 atom stereocenters. The van der Waals surface area contributed by atoms with E-state index >= 15 is 0 Å². The minimum Gasteiger partial charge on any atom is -0.507 e. The third-order valence-corrected chi connectivity index (χ3v) is 2.75. The molecule has 0 fully saturated rings. The molecule has 2 amide bonds. The van der Waals surface area contributed by atoms with Gasteiger partial charge in [-0.1, -0.05) is 6.07 Å². The van der Waals surface area contributed by atoms with Crippen LogP contribution in [0.2, 0.25) is 0 Å². The van der Waals surface area contributed by atoms with Gasteiger partial charge >= 0.3 is 6.03 Å². The summed E-state index contributed by atoms with van der Waals surface area (Å²) in [6.45, 7) is 2.84. The third kappa shape index (κ3) is 4.33. The highest BCUT2D eigenvalue weighted by atomic mass is 16.3. The lowest BCUT2D eigenvalue weighted by molar-refractivity contribution is 0.217. The summed E-state index contributed by atoms with van der Waals surface area (Å²) < 4.78 is 0. The number of carbonyl (C=O) groups is 1. The van der Waals surface area contributed by atoms with Gasteiger partial charge in [0.1, 0.15) is 11.5 Å². The molecule has 106 valence electrons. The van der Waals surface area contributed by atoms with Crippen LogP contribution in [0, 0.1) is 0 Å². The zero-order valence-corrected chi connectivity index (χ0v) is 11.5. The smallest absolute Gasteiger partial charge is 0.316 e. The number of amides is 2. The van der Waals surface area contributed by atoms with Crippen LogP contribution in [0.3, 0.4) is 0 Å². The molecule has 0 bridgehead atoms. The fraction of sp³-hybridized carbons (Fsp3) is 0.462. The summed E-state index contributed by atoms with van der Waals surface area (Å²) in [4.78, 5) is 12.7. The van der Waals surface area contributed by atoms with Crippen molar-refractivity contribution in [2.75, 3.05) is 27.2 Å². The third-order valence-electron chi connectivity index (χ3n) is 2.75. The predicted molar refractivity (Wildman–Crippen MR) is 73.3 cm³/mol. The van der Waals surface area contributed by atoms with Crippen molar-refractivity contribution < 1.29 is 15.0 Å². The summed E-state index contributed by atoms with van der Waals surface area (Å²) in [7, 11) is 3.34. The molecule has 1 rings (SSSR count). The molecule has 6 nitrogen and oxygen atoms in total. The molecule has 1 aromatic rings. The van der Waals surface area contributed by atoms with Crippen molar-refractivity contribution in [1.82, 2.24) is 15.5 Å². The Labute approximate surface area is 113 Å². The SMILES string of the molecule is CC(NCCNC(=O)N(C)C)c1c(O)cccc1O. The summed E-state index contributed by atoms with van der Waals surface area (Å²) in [5, 5.41) is 25.2. The second-order valence-electron chi connectivity index (χ2n) is 4.51. The van der Waals surface area contributed by atoms with E-state index in [0.29, 0.717) is 18.7 Å². The van der Waals surface area contributed by atoms with E-state index in [0.717, 1.165) is 0 Å². The fourth-order valence-electron chi connectivity index (χ4n) is 1.70. The zero-order valence-electron chi connectivity index (χ0n) is 11.5. The molecule has 1 unspecified atom stereocenters. The first-order valence-corrected chi connectivity index (χ1v) is 6.13. The number of hydrogen-bond donors (Lipinski definition) is 4. The van der Waals surface area contributed by atoms with Gasteiger partial charge in [0.2, 0.25) is 0 Å². The molecule has 6 heteroatoms. The highest BCUT2D eigenvalue weighted by Crippen LogP contribution is 2.31. The molecule has 0 saturated heterocycles. The van der Waals surface area contributed by atoms with E-state index in [2.05, 4.69) is 10.6 Å². The molecule has 0 saturated carbocycles. The fourth-order valence-corrected chi connectivity index (χ4v) is 1.70. The quantitative estimate of drug-likeness (QED) is 0.600.